The topological polar surface area (TPSA) is 37.3 Å². The Balaban J connectivity index is 1.90. The number of benzene rings is 3. The number of hydrogen-bond donors (Lipinski definition) is 1. The molecule has 2 nitrogen and oxygen atoms in total. The lowest BCUT2D eigenvalue weighted by Gasteiger charge is -2.41. The van der Waals surface area contributed by atoms with Crippen LogP contribution in [0.15, 0.2) is 97.1 Å². The zero-order valence-corrected chi connectivity index (χ0v) is 15.0. The molecule has 0 amide bonds. The summed E-state index contributed by atoms with van der Waals surface area (Å²) in [5.41, 5.74) is 2.63. The van der Waals surface area contributed by atoms with Crippen molar-refractivity contribution in [2.75, 3.05) is 0 Å². The lowest BCUT2D eigenvalue weighted by molar-refractivity contribution is -0.119. The molecule has 134 valence electrons. The van der Waals surface area contributed by atoms with Crippen molar-refractivity contribution < 1.29 is 9.90 Å². The predicted octanol–water partition coefficient (Wildman–Crippen LogP) is 4.96. The van der Waals surface area contributed by atoms with Crippen molar-refractivity contribution in [2.24, 2.45) is 5.92 Å². The van der Waals surface area contributed by atoms with E-state index >= 15 is 0 Å². The molecule has 0 bridgehead atoms. The Morgan fingerprint density at radius 1 is 0.815 bits per heavy atom. The summed E-state index contributed by atoms with van der Waals surface area (Å²) in [4.78, 5) is 12.2. The third-order valence-corrected chi connectivity index (χ3v) is 5.53. The minimum atomic E-state index is -1.34. The smallest absolute Gasteiger partial charge is 0.127 e. The quantitative estimate of drug-likeness (QED) is 0.672. The van der Waals surface area contributed by atoms with E-state index in [2.05, 4.69) is 12.1 Å². The number of rotatable bonds is 4. The summed E-state index contributed by atoms with van der Waals surface area (Å²) in [6, 6.07) is 29.6. The maximum absolute atomic E-state index is 12.2. The van der Waals surface area contributed by atoms with Gasteiger partial charge in [0.15, 0.2) is 0 Å². The first-order chi connectivity index (χ1) is 13.2. The van der Waals surface area contributed by atoms with Crippen LogP contribution in [0.3, 0.4) is 0 Å². The molecule has 0 saturated heterocycles. The van der Waals surface area contributed by atoms with Gasteiger partial charge in [0.1, 0.15) is 11.9 Å². The van der Waals surface area contributed by atoms with Gasteiger partial charge in [0, 0.05) is 5.92 Å². The Kier molecular flexibility index (Phi) is 4.74. The molecule has 0 aromatic heterocycles. The Morgan fingerprint density at radius 2 is 1.37 bits per heavy atom. The second-order valence-electron chi connectivity index (χ2n) is 7.11. The number of carbonyl (C=O) groups excluding carboxylic acids is 1. The van der Waals surface area contributed by atoms with Crippen molar-refractivity contribution in [1.82, 2.24) is 0 Å². The second kappa shape index (κ2) is 7.34. The summed E-state index contributed by atoms with van der Waals surface area (Å²) < 4.78 is 0. The highest BCUT2D eigenvalue weighted by molar-refractivity contribution is 5.74. The molecule has 0 aliphatic heterocycles. The van der Waals surface area contributed by atoms with Gasteiger partial charge in [-0.1, -0.05) is 91.0 Å². The van der Waals surface area contributed by atoms with Crippen molar-refractivity contribution in [1.29, 1.82) is 0 Å². The minimum Gasteiger partial charge on any atom is -0.380 e. The molecule has 1 aliphatic carbocycles. The van der Waals surface area contributed by atoms with Gasteiger partial charge in [-0.15, -0.1) is 0 Å². The molecule has 3 aromatic carbocycles. The zero-order chi connectivity index (χ0) is 18.7. The van der Waals surface area contributed by atoms with Gasteiger partial charge in [-0.2, -0.15) is 0 Å². The fourth-order valence-electron chi connectivity index (χ4n) is 4.15. The summed E-state index contributed by atoms with van der Waals surface area (Å²) >= 11 is 0. The molecule has 0 spiro atoms. The summed E-state index contributed by atoms with van der Waals surface area (Å²) in [6.07, 6.45) is 3.52. The van der Waals surface area contributed by atoms with Gasteiger partial charge < -0.3 is 9.90 Å². The van der Waals surface area contributed by atoms with Gasteiger partial charge in [0.25, 0.3) is 0 Å². The van der Waals surface area contributed by atoms with Crippen molar-refractivity contribution in [3.05, 3.63) is 114 Å². The van der Waals surface area contributed by atoms with Crippen LogP contribution >= 0.6 is 0 Å². The summed E-state index contributed by atoms with van der Waals surface area (Å²) in [6.45, 7) is 0. The Morgan fingerprint density at radius 3 is 1.96 bits per heavy atom. The van der Waals surface area contributed by atoms with Crippen LogP contribution in [0, 0.1) is 5.92 Å². The SMILES string of the molecule is O=C[C@@H]1[C@@H](c2ccccc2)CC(c2ccccc2)=C[C@@]1(O)c1ccccc1. The lowest BCUT2D eigenvalue weighted by atomic mass is 9.65. The van der Waals surface area contributed by atoms with E-state index in [4.69, 9.17) is 0 Å². The largest absolute Gasteiger partial charge is 0.380 e. The van der Waals surface area contributed by atoms with Crippen molar-refractivity contribution in [2.45, 2.75) is 17.9 Å². The van der Waals surface area contributed by atoms with Crippen LogP contribution in [0.5, 0.6) is 0 Å². The van der Waals surface area contributed by atoms with Crippen molar-refractivity contribution in [3.8, 4) is 0 Å². The molecule has 1 aliphatic rings. The van der Waals surface area contributed by atoms with Gasteiger partial charge in [-0.25, -0.2) is 0 Å². The van der Waals surface area contributed by atoms with Crippen LogP contribution in [0.25, 0.3) is 5.57 Å². The molecular weight excluding hydrogens is 332 g/mol. The third kappa shape index (κ3) is 3.24. The van der Waals surface area contributed by atoms with Crippen molar-refractivity contribution >= 4 is 11.9 Å². The van der Waals surface area contributed by atoms with Crippen LogP contribution in [0.4, 0.5) is 0 Å². The average Bonchev–Trinajstić information content (AvgIpc) is 2.75. The molecule has 1 N–H and O–H groups in total. The number of allylic oxidation sites excluding steroid dienone is 1. The predicted molar refractivity (Wildman–Crippen MR) is 108 cm³/mol. The second-order valence-corrected chi connectivity index (χ2v) is 7.11. The van der Waals surface area contributed by atoms with Gasteiger partial charge in [-0.05, 0) is 34.8 Å². The van der Waals surface area contributed by atoms with Crippen LogP contribution < -0.4 is 0 Å². The molecule has 2 heteroatoms. The fourth-order valence-corrected chi connectivity index (χ4v) is 4.15. The number of aldehydes is 1. The van der Waals surface area contributed by atoms with E-state index in [1.165, 1.54) is 0 Å². The first-order valence-corrected chi connectivity index (χ1v) is 9.27. The van der Waals surface area contributed by atoms with Crippen LogP contribution in [0.2, 0.25) is 0 Å². The standard InChI is InChI=1S/C25H22O2/c26-18-24-23(20-12-6-2-7-13-20)16-21(19-10-4-1-5-11-19)17-25(24,27)22-14-8-3-9-15-22/h1-15,17-18,23-24,27H,16H2/t23-,24-,25-/m1/s1. The molecule has 0 saturated carbocycles. The molecule has 27 heavy (non-hydrogen) atoms. The molecule has 3 atom stereocenters. The minimum absolute atomic E-state index is 0.0888. The number of carbonyl (C=O) groups is 1. The van der Waals surface area contributed by atoms with Gasteiger partial charge in [0.05, 0.1) is 5.92 Å². The van der Waals surface area contributed by atoms with Crippen molar-refractivity contribution in [3.63, 3.8) is 0 Å². The highest BCUT2D eigenvalue weighted by atomic mass is 16.3. The normalized spacial score (nSPS) is 24.9. The number of aliphatic hydroxyl groups is 1. The van der Waals surface area contributed by atoms with Crippen LogP contribution in [-0.2, 0) is 10.4 Å². The average molecular weight is 354 g/mol. The number of hydrogen-bond acceptors (Lipinski definition) is 2. The molecule has 0 unspecified atom stereocenters. The van der Waals surface area contributed by atoms with Gasteiger partial charge >= 0.3 is 0 Å². The van der Waals surface area contributed by atoms with E-state index < -0.39 is 11.5 Å². The van der Waals surface area contributed by atoms with E-state index in [0.717, 1.165) is 28.5 Å². The Hall–Kier alpha value is -2.97. The van der Waals surface area contributed by atoms with Gasteiger partial charge in [0.2, 0.25) is 0 Å². The van der Waals surface area contributed by atoms with Crippen LogP contribution in [0.1, 0.15) is 29.0 Å². The van der Waals surface area contributed by atoms with Crippen LogP contribution in [-0.4, -0.2) is 11.4 Å². The third-order valence-electron chi connectivity index (χ3n) is 5.53. The zero-order valence-electron chi connectivity index (χ0n) is 15.0. The Labute approximate surface area is 159 Å². The highest BCUT2D eigenvalue weighted by Crippen LogP contribution is 2.49. The van der Waals surface area contributed by atoms with Gasteiger partial charge in [-0.3, -0.25) is 0 Å². The molecular formula is C25H22O2. The van der Waals surface area contributed by atoms with E-state index in [1.807, 2.05) is 84.9 Å². The summed E-state index contributed by atoms with van der Waals surface area (Å²) in [5, 5.41) is 11.8. The fraction of sp³-hybridized carbons (Fsp3) is 0.160. The van der Waals surface area contributed by atoms with E-state index in [-0.39, 0.29) is 5.92 Å². The molecule has 0 radical (unpaired) electrons. The monoisotopic (exact) mass is 354 g/mol. The summed E-state index contributed by atoms with van der Waals surface area (Å²) in [7, 11) is 0. The maximum Gasteiger partial charge on any atom is 0.127 e. The van der Waals surface area contributed by atoms with E-state index in [0.29, 0.717) is 6.42 Å². The first-order valence-electron chi connectivity index (χ1n) is 9.27. The first kappa shape index (κ1) is 17.4. The molecule has 4 rings (SSSR count). The highest BCUT2D eigenvalue weighted by Gasteiger charge is 2.45. The molecule has 0 heterocycles. The van der Waals surface area contributed by atoms with E-state index in [1.54, 1.807) is 0 Å². The lowest BCUT2D eigenvalue weighted by Crippen LogP contribution is -2.41. The van der Waals surface area contributed by atoms with E-state index in [9.17, 15) is 9.90 Å². The molecule has 3 aromatic rings. The molecule has 0 fully saturated rings. The maximum atomic E-state index is 12.2. The summed E-state index contributed by atoms with van der Waals surface area (Å²) in [5.74, 6) is -0.635. The Bertz CT molecular complexity index is 932.